The fraction of sp³-hybridized carbons (Fsp3) is 1.00. The van der Waals surface area contributed by atoms with Crippen molar-refractivity contribution in [2.75, 3.05) is 19.8 Å². The van der Waals surface area contributed by atoms with E-state index in [4.69, 9.17) is 9.84 Å². The summed E-state index contributed by atoms with van der Waals surface area (Å²) in [7, 11) is 0. The van der Waals surface area contributed by atoms with Crippen LogP contribution in [0.15, 0.2) is 0 Å². The summed E-state index contributed by atoms with van der Waals surface area (Å²) in [6.45, 7) is 11.3. The molecule has 2 unspecified atom stereocenters. The normalized spacial score (nSPS) is 25.6. The number of aliphatic hydroxyl groups excluding tert-OH is 1. The van der Waals surface area contributed by atoms with E-state index in [1.54, 1.807) is 0 Å². The maximum Gasteiger partial charge on any atom is 0.0656 e. The molecule has 0 saturated heterocycles. The molecule has 0 amide bonds. The molecule has 0 aromatic carbocycles. The van der Waals surface area contributed by atoms with E-state index in [0.717, 1.165) is 32.4 Å². The summed E-state index contributed by atoms with van der Waals surface area (Å²) in [5.74, 6) is 0.620. The van der Waals surface area contributed by atoms with Crippen molar-refractivity contribution in [3.63, 3.8) is 0 Å². The van der Waals surface area contributed by atoms with Crippen LogP contribution in [0.2, 0.25) is 0 Å². The molecule has 0 aliphatic heterocycles. The fourth-order valence-corrected chi connectivity index (χ4v) is 2.69. The summed E-state index contributed by atoms with van der Waals surface area (Å²) in [6, 6.07) is 0.600. The standard InChI is InChI=1S/C16H33NO2/c1-13(2)12-19-15-11-14(16(15,3)4)17-9-7-5-6-8-10-18/h13-15,17-18H,5-12H2,1-4H3. The summed E-state index contributed by atoms with van der Waals surface area (Å²) in [6.07, 6.45) is 6.09. The van der Waals surface area contributed by atoms with Gasteiger partial charge in [-0.3, -0.25) is 0 Å². The monoisotopic (exact) mass is 271 g/mol. The predicted octanol–water partition coefficient (Wildman–Crippen LogP) is 2.97. The maximum absolute atomic E-state index is 8.72. The Kier molecular flexibility index (Phi) is 7.33. The van der Waals surface area contributed by atoms with Crippen molar-refractivity contribution in [3.8, 4) is 0 Å². The second kappa shape index (κ2) is 8.23. The minimum atomic E-state index is 0.264. The maximum atomic E-state index is 8.72. The third-order valence-corrected chi connectivity index (χ3v) is 4.28. The molecule has 1 aliphatic rings. The molecule has 0 aromatic heterocycles. The molecule has 0 radical (unpaired) electrons. The SMILES string of the molecule is CC(C)COC1CC(NCCCCCCO)C1(C)C. The van der Waals surface area contributed by atoms with Gasteiger partial charge in [0.1, 0.15) is 0 Å². The first-order valence-corrected chi connectivity index (χ1v) is 7.94. The lowest BCUT2D eigenvalue weighted by atomic mass is 9.64. The molecule has 2 N–H and O–H groups in total. The minimum Gasteiger partial charge on any atom is -0.396 e. The molecule has 1 aliphatic carbocycles. The van der Waals surface area contributed by atoms with Gasteiger partial charge in [0.25, 0.3) is 0 Å². The van der Waals surface area contributed by atoms with Crippen LogP contribution in [0.5, 0.6) is 0 Å². The van der Waals surface area contributed by atoms with Crippen LogP contribution in [-0.2, 0) is 4.74 Å². The summed E-state index contributed by atoms with van der Waals surface area (Å²) >= 11 is 0. The molecule has 3 heteroatoms. The van der Waals surface area contributed by atoms with E-state index in [1.807, 2.05) is 0 Å². The quantitative estimate of drug-likeness (QED) is 0.600. The van der Waals surface area contributed by atoms with Crippen LogP contribution in [0.1, 0.15) is 59.8 Å². The van der Waals surface area contributed by atoms with Crippen molar-refractivity contribution in [1.82, 2.24) is 5.32 Å². The van der Waals surface area contributed by atoms with E-state index in [0.29, 0.717) is 24.7 Å². The van der Waals surface area contributed by atoms with Crippen molar-refractivity contribution in [3.05, 3.63) is 0 Å². The third-order valence-electron chi connectivity index (χ3n) is 4.28. The zero-order valence-corrected chi connectivity index (χ0v) is 13.2. The average Bonchev–Trinajstić information content (AvgIpc) is 2.34. The summed E-state index contributed by atoms with van der Waals surface area (Å²) in [4.78, 5) is 0. The number of hydrogen-bond donors (Lipinski definition) is 2. The molecule has 2 atom stereocenters. The lowest BCUT2D eigenvalue weighted by molar-refractivity contribution is -0.123. The highest BCUT2D eigenvalue weighted by molar-refractivity contribution is 5.02. The molecule has 0 bridgehead atoms. The summed E-state index contributed by atoms with van der Waals surface area (Å²) in [5, 5.41) is 12.4. The van der Waals surface area contributed by atoms with Gasteiger partial charge in [-0.1, -0.05) is 40.5 Å². The Labute approximate surface area is 119 Å². The smallest absolute Gasteiger partial charge is 0.0656 e. The number of hydrogen-bond acceptors (Lipinski definition) is 3. The van der Waals surface area contributed by atoms with Gasteiger partial charge in [0.05, 0.1) is 6.10 Å². The molecule has 3 nitrogen and oxygen atoms in total. The van der Waals surface area contributed by atoms with Gasteiger partial charge >= 0.3 is 0 Å². The topological polar surface area (TPSA) is 41.5 Å². The van der Waals surface area contributed by atoms with Gasteiger partial charge in [-0.05, 0) is 31.7 Å². The molecule has 0 spiro atoms. The van der Waals surface area contributed by atoms with Crippen molar-refractivity contribution in [2.45, 2.75) is 71.9 Å². The number of nitrogens with one attached hydrogen (secondary N) is 1. The molecule has 1 rings (SSSR count). The van der Waals surface area contributed by atoms with E-state index in [1.165, 1.54) is 12.8 Å². The van der Waals surface area contributed by atoms with Crippen LogP contribution in [0.3, 0.4) is 0 Å². The second-order valence-corrected chi connectivity index (χ2v) is 6.92. The van der Waals surface area contributed by atoms with E-state index < -0.39 is 0 Å². The summed E-state index contributed by atoms with van der Waals surface area (Å²) < 4.78 is 5.98. The predicted molar refractivity (Wildman–Crippen MR) is 80.3 cm³/mol. The molecule has 1 saturated carbocycles. The zero-order chi connectivity index (χ0) is 14.3. The molecular formula is C16H33NO2. The van der Waals surface area contributed by atoms with Crippen molar-refractivity contribution < 1.29 is 9.84 Å². The van der Waals surface area contributed by atoms with Gasteiger partial charge in [0.15, 0.2) is 0 Å². The highest BCUT2D eigenvalue weighted by Gasteiger charge is 2.48. The van der Waals surface area contributed by atoms with Gasteiger partial charge in [-0.2, -0.15) is 0 Å². The lowest BCUT2D eigenvalue weighted by Gasteiger charge is -2.52. The first-order chi connectivity index (χ1) is 8.98. The Morgan fingerprint density at radius 1 is 1.21 bits per heavy atom. The van der Waals surface area contributed by atoms with E-state index in [9.17, 15) is 0 Å². The van der Waals surface area contributed by atoms with Crippen LogP contribution < -0.4 is 5.32 Å². The zero-order valence-electron chi connectivity index (χ0n) is 13.2. The van der Waals surface area contributed by atoms with Gasteiger partial charge in [-0.15, -0.1) is 0 Å². The number of rotatable bonds is 10. The molecule has 0 heterocycles. The minimum absolute atomic E-state index is 0.264. The largest absolute Gasteiger partial charge is 0.396 e. The Morgan fingerprint density at radius 2 is 1.89 bits per heavy atom. The number of unbranched alkanes of at least 4 members (excludes halogenated alkanes) is 3. The molecule has 1 fully saturated rings. The van der Waals surface area contributed by atoms with Crippen molar-refractivity contribution >= 4 is 0 Å². The Bertz CT molecular complexity index is 241. The van der Waals surface area contributed by atoms with Crippen LogP contribution in [0.4, 0.5) is 0 Å². The van der Waals surface area contributed by atoms with Crippen LogP contribution in [0.25, 0.3) is 0 Å². The molecule has 0 aromatic rings. The lowest BCUT2D eigenvalue weighted by Crippen LogP contribution is -2.61. The number of ether oxygens (including phenoxy) is 1. The van der Waals surface area contributed by atoms with E-state index in [-0.39, 0.29) is 5.41 Å². The van der Waals surface area contributed by atoms with Crippen molar-refractivity contribution in [2.24, 2.45) is 11.3 Å². The Morgan fingerprint density at radius 3 is 2.47 bits per heavy atom. The van der Waals surface area contributed by atoms with Crippen LogP contribution in [0, 0.1) is 11.3 Å². The van der Waals surface area contributed by atoms with Crippen LogP contribution >= 0.6 is 0 Å². The van der Waals surface area contributed by atoms with E-state index >= 15 is 0 Å². The second-order valence-electron chi connectivity index (χ2n) is 6.92. The molecule has 19 heavy (non-hydrogen) atoms. The van der Waals surface area contributed by atoms with Crippen LogP contribution in [-0.4, -0.2) is 37.0 Å². The Hall–Kier alpha value is -0.120. The van der Waals surface area contributed by atoms with Gasteiger partial charge in [0.2, 0.25) is 0 Å². The van der Waals surface area contributed by atoms with Crippen molar-refractivity contribution in [1.29, 1.82) is 0 Å². The molecular weight excluding hydrogens is 238 g/mol. The summed E-state index contributed by atoms with van der Waals surface area (Å²) in [5.41, 5.74) is 0.264. The third kappa shape index (κ3) is 5.41. The Balaban J connectivity index is 2.09. The van der Waals surface area contributed by atoms with E-state index in [2.05, 4.69) is 33.0 Å². The fourth-order valence-electron chi connectivity index (χ4n) is 2.69. The highest BCUT2D eigenvalue weighted by atomic mass is 16.5. The first-order valence-electron chi connectivity index (χ1n) is 7.94. The average molecular weight is 271 g/mol. The highest BCUT2D eigenvalue weighted by Crippen LogP contribution is 2.42. The molecule has 114 valence electrons. The van der Waals surface area contributed by atoms with Gasteiger partial charge < -0.3 is 15.2 Å². The first kappa shape index (κ1) is 16.9. The number of aliphatic hydroxyl groups is 1. The van der Waals surface area contributed by atoms with Gasteiger partial charge in [-0.25, -0.2) is 0 Å². The van der Waals surface area contributed by atoms with Gasteiger partial charge in [0, 0.05) is 24.7 Å².